The van der Waals surface area contributed by atoms with Gasteiger partial charge in [0, 0.05) is 30.9 Å². The number of hydrogen-bond donors (Lipinski definition) is 0. The van der Waals surface area contributed by atoms with Crippen molar-refractivity contribution in [2.75, 3.05) is 26.3 Å². The van der Waals surface area contributed by atoms with Gasteiger partial charge in [0.1, 0.15) is 12.2 Å². The van der Waals surface area contributed by atoms with Gasteiger partial charge in [-0.1, -0.05) is 36.4 Å². The van der Waals surface area contributed by atoms with Crippen molar-refractivity contribution in [1.29, 1.82) is 0 Å². The third-order valence-electron chi connectivity index (χ3n) is 5.36. The Morgan fingerprint density at radius 1 is 0.935 bits per heavy atom. The summed E-state index contributed by atoms with van der Waals surface area (Å²) >= 11 is 0. The zero-order valence-electron chi connectivity index (χ0n) is 16.8. The molecule has 8 nitrogen and oxygen atoms in total. The first-order valence-corrected chi connectivity index (χ1v) is 10.2. The predicted octanol–water partition coefficient (Wildman–Crippen LogP) is 2.08. The molecule has 0 saturated carbocycles. The molecule has 5 rings (SSSR count). The molecule has 156 valence electrons. The van der Waals surface area contributed by atoms with E-state index in [2.05, 4.69) is 5.10 Å². The lowest BCUT2D eigenvalue weighted by molar-refractivity contribution is -0.136. The third-order valence-corrected chi connectivity index (χ3v) is 5.36. The maximum atomic E-state index is 12.7. The molecule has 0 unspecified atom stereocenters. The van der Waals surface area contributed by atoms with Crippen molar-refractivity contribution in [2.45, 2.75) is 6.54 Å². The maximum Gasteiger partial charge on any atom is 0.267 e. The standard InChI is InChI=1S/C23H21N5O3/c29-20-10-9-18(24-28(20)16-21(30)26-12-14-31-15-13-26)22-19-8-4-5-11-27(19)25-23(22)17-6-2-1-3-7-17/h1-11H,12-16H2. The molecule has 8 heteroatoms. The van der Waals surface area contributed by atoms with Crippen molar-refractivity contribution in [1.82, 2.24) is 24.3 Å². The number of pyridine rings is 1. The molecule has 1 saturated heterocycles. The first-order chi connectivity index (χ1) is 15.2. The van der Waals surface area contributed by atoms with Crippen LogP contribution in [0.1, 0.15) is 0 Å². The van der Waals surface area contributed by atoms with Crippen molar-refractivity contribution in [2.24, 2.45) is 0 Å². The molecule has 31 heavy (non-hydrogen) atoms. The highest BCUT2D eigenvalue weighted by molar-refractivity contribution is 5.90. The van der Waals surface area contributed by atoms with E-state index in [0.717, 1.165) is 22.3 Å². The zero-order chi connectivity index (χ0) is 21.2. The second kappa shape index (κ2) is 8.16. The molecular weight excluding hydrogens is 394 g/mol. The number of aromatic nitrogens is 4. The fourth-order valence-electron chi connectivity index (χ4n) is 3.79. The smallest absolute Gasteiger partial charge is 0.267 e. The number of amides is 1. The third kappa shape index (κ3) is 3.73. The van der Waals surface area contributed by atoms with Crippen molar-refractivity contribution >= 4 is 11.4 Å². The molecule has 1 amide bonds. The number of fused-ring (bicyclic) bond motifs is 1. The number of benzene rings is 1. The Balaban J connectivity index is 1.58. The highest BCUT2D eigenvalue weighted by Crippen LogP contribution is 2.33. The van der Waals surface area contributed by atoms with Gasteiger partial charge in [-0.05, 0) is 18.2 Å². The molecule has 4 aromatic rings. The number of morpholine rings is 1. The second-order valence-corrected chi connectivity index (χ2v) is 7.33. The minimum atomic E-state index is -0.317. The minimum Gasteiger partial charge on any atom is -0.378 e. The maximum absolute atomic E-state index is 12.7. The molecule has 4 heterocycles. The average Bonchev–Trinajstić information content (AvgIpc) is 3.21. The Kier molecular flexibility index (Phi) is 5.05. The molecule has 1 fully saturated rings. The van der Waals surface area contributed by atoms with Gasteiger partial charge < -0.3 is 9.64 Å². The van der Waals surface area contributed by atoms with E-state index in [0.29, 0.717) is 32.0 Å². The van der Waals surface area contributed by atoms with Crippen LogP contribution in [0.5, 0.6) is 0 Å². The van der Waals surface area contributed by atoms with E-state index in [1.54, 1.807) is 15.5 Å². The molecule has 1 aliphatic heterocycles. The minimum absolute atomic E-state index is 0.105. The van der Waals surface area contributed by atoms with Crippen LogP contribution in [0.4, 0.5) is 0 Å². The van der Waals surface area contributed by atoms with Gasteiger partial charge in [0.05, 0.1) is 30.0 Å². The Labute approximate surface area is 178 Å². The topological polar surface area (TPSA) is 81.7 Å². The summed E-state index contributed by atoms with van der Waals surface area (Å²) in [5, 5.41) is 9.30. The number of hydrogen-bond acceptors (Lipinski definition) is 5. The molecule has 1 aliphatic rings. The van der Waals surface area contributed by atoms with E-state index in [4.69, 9.17) is 9.84 Å². The molecule has 0 spiro atoms. The summed E-state index contributed by atoms with van der Waals surface area (Å²) in [7, 11) is 0. The Morgan fingerprint density at radius 2 is 1.71 bits per heavy atom. The number of ether oxygens (including phenoxy) is 1. The summed E-state index contributed by atoms with van der Waals surface area (Å²) in [6.07, 6.45) is 1.88. The lowest BCUT2D eigenvalue weighted by Gasteiger charge is -2.26. The quantitative estimate of drug-likeness (QED) is 0.510. The Morgan fingerprint density at radius 3 is 2.52 bits per heavy atom. The molecule has 0 bridgehead atoms. The van der Waals surface area contributed by atoms with E-state index < -0.39 is 0 Å². The summed E-state index contributed by atoms with van der Waals surface area (Å²) in [6.45, 7) is 1.97. The molecule has 0 radical (unpaired) electrons. The highest BCUT2D eigenvalue weighted by atomic mass is 16.5. The first-order valence-electron chi connectivity index (χ1n) is 10.2. The molecule has 3 aromatic heterocycles. The number of carbonyl (C=O) groups is 1. The summed E-state index contributed by atoms with van der Waals surface area (Å²) in [6, 6.07) is 18.8. The van der Waals surface area contributed by atoms with Crippen LogP contribution < -0.4 is 5.56 Å². The van der Waals surface area contributed by atoms with Crippen LogP contribution in [-0.2, 0) is 16.1 Å². The van der Waals surface area contributed by atoms with Crippen LogP contribution in [0, 0.1) is 0 Å². The predicted molar refractivity (Wildman–Crippen MR) is 116 cm³/mol. The average molecular weight is 415 g/mol. The Hall–Kier alpha value is -3.78. The highest BCUT2D eigenvalue weighted by Gasteiger charge is 2.21. The van der Waals surface area contributed by atoms with Gasteiger partial charge in [-0.2, -0.15) is 10.2 Å². The Bertz CT molecular complexity index is 1290. The van der Waals surface area contributed by atoms with Gasteiger partial charge in [0.25, 0.3) is 5.56 Å². The van der Waals surface area contributed by atoms with E-state index in [1.165, 1.54) is 10.7 Å². The SMILES string of the molecule is O=C(Cn1nc(-c2c(-c3ccccc3)nn3ccccc23)ccc1=O)N1CCOCC1. The summed E-state index contributed by atoms with van der Waals surface area (Å²) in [4.78, 5) is 26.8. The first kappa shape index (κ1) is 19.2. The van der Waals surface area contributed by atoms with Crippen molar-refractivity contribution in [3.05, 3.63) is 77.2 Å². The number of carbonyl (C=O) groups excluding carboxylic acids is 1. The van der Waals surface area contributed by atoms with E-state index >= 15 is 0 Å². The van der Waals surface area contributed by atoms with Crippen molar-refractivity contribution < 1.29 is 9.53 Å². The number of rotatable bonds is 4. The van der Waals surface area contributed by atoms with Crippen molar-refractivity contribution in [3.63, 3.8) is 0 Å². The van der Waals surface area contributed by atoms with Crippen LogP contribution in [0.25, 0.3) is 28.0 Å². The van der Waals surface area contributed by atoms with Gasteiger partial charge in [-0.3, -0.25) is 9.59 Å². The molecule has 0 N–H and O–H groups in total. The van der Waals surface area contributed by atoms with Gasteiger partial charge in [-0.25, -0.2) is 9.20 Å². The summed E-state index contributed by atoms with van der Waals surface area (Å²) < 4.78 is 8.33. The summed E-state index contributed by atoms with van der Waals surface area (Å²) in [5.41, 5.74) is 3.68. The van der Waals surface area contributed by atoms with Crippen LogP contribution in [-0.4, -0.2) is 56.5 Å². The fourth-order valence-corrected chi connectivity index (χ4v) is 3.79. The van der Waals surface area contributed by atoms with Crippen LogP contribution in [0.3, 0.4) is 0 Å². The van der Waals surface area contributed by atoms with E-state index in [1.807, 2.05) is 54.7 Å². The van der Waals surface area contributed by atoms with E-state index in [-0.39, 0.29) is 18.0 Å². The largest absolute Gasteiger partial charge is 0.378 e. The lowest BCUT2D eigenvalue weighted by Crippen LogP contribution is -2.43. The van der Waals surface area contributed by atoms with Crippen LogP contribution >= 0.6 is 0 Å². The van der Waals surface area contributed by atoms with Gasteiger partial charge >= 0.3 is 0 Å². The van der Waals surface area contributed by atoms with Gasteiger partial charge in [-0.15, -0.1) is 0 Å². The molecule has 0 atom stereocenters. The monoisotopic (exact) mass is 415 g/mol. The van der Waals surface area contributed by atoms with Gasteiger partial charge in [0.15, 0.2) is 0 Å². The zero-order valence-corrected chi connectivity index (χ0v) is 16.8. The second-order valence-electron chi connectivity index (χ2n) is 7.33. The molecule has 1 aromatic carbocycles. The van der Waals surface area contributed by atoms with Crippen LogP contribution in [0.2, 0.25) is 0 Å². The lowest BCUT2D eigenvalue weighted by atomic mass is 10.0. The molecule has 0 aliphatic carbocycles. The fraction of sp³-hybridized carbons (Fsp3) is 0.217. The summed E-state index contributed by atoms with van der Waals surface area (Å²) in [5.74, 6) is -0.141. The number of nitrogens with zero attached hydrogens (tertiary/aromatic N) is 5. The van der Waals surface area contributed by atoms with Gasteiger partial charge in [0.2, 0.25) is 5.91 Å². The van der Waals surface area contributed by atoms with Crippen LogP contribution in [0.15, 0.2) is 71.7 Å². The van der Waals surface area contributed by atoms with Crippen molar-refractivity contribution in [3.8, 4) is 22.5 Å². The normalized spacial score (nSPS) is 14.1. The van der Waals surface area contributed by atoms with E-state index in [9.17, 15) is 9.59 Å². The molecular formula is C23H21N5O3.